The number of carbonyl (C=O) groups is 3. The minimum atomic E-state index is -1.48. The van der Waals surface area contributed by atoms with E-state index in [-0.39, 0.29) is 128 Å². The van der Waals surface area contributed by atoms with Crippen molar-refractivity contribution in [2.45, 2.75) is 270 Å². The molecule has 2 saturated heterocycles. The molecule has 742 valence electrons. The number of rotatable bonds is 6. The van der Waals surface area contributed by atoms with E-state index >= 15 is 14.4 Å². The first kappa shape index (κ1) is 95.2. The molecule has 16 atom stereocenters. The summed E-state index contributed by atoms with van der Waals surface area (Å²) in [5, 5.41) is 4.25. The van der Waals surface area contributed by atoms with Crippen LogP contribution in [-0.2, 0) is 102 Å². The first-order chi connectivity index (χ1) is 69.3. The molecule has 5 saturated carbocycles. The first-order valence-corrected chi connectivity index (χ1v) is 53.5. The van der Waals surface area contributed by atoms with Gasteiger partial charge in [-0.3, -0.25) is 14.8 Å². The van der Waals surface area contributed by atoms with Crippen LogP contribution in [0.1, 0.15) is 294 Å². The summed E-state index contributed by atoms with van der Waals surface area (Å²) in [7, 11) is 3.00. The molecule has 27 rings (SSSR count). The summed E-state index contributed by atoms with van der Waals surface area (Å²) in [6.45, 7) is 59.7. The van der Waals surface area contributed by atoms with Crippen LogP contribution in [0.25, 0.3) is 179 Å². The second-order valence-corrected chi connectivity index (χ2v) is 54.3. The third kappa shape index (κ3) is 12.5. The molecule has 8 aromatic carbocycles. The Balaban J connectivity index is 0.0000111. The minimum absolute atomic E-state index is 0. The largest absolute Gasteiger partial charge is 2.00 e. The molecule has 8 aliphatic carbocycles. The van der Waals surface area contributed by atoms with Crippen molar-refractivity contribution in [3.05, 3.63) is 248 Å². The van der Waals surface area contributed by atoms with E-state index in [0.29, 0.717) is 44.1 Å². The fourth-order valence-electron chi connectivity index (χ4n) is 31.4. The average Bonchev–Trinajstić information content (AvgIpc) is 1.42. The molecule has 15 aromatic rings. The minimum Gasteiger partial charge on any atom is -0.657 e. The zero-order chi connectivity index (χ0) is 103. The Bertz CT molecular complexity index is 8260. The van der Waals surface area contributed by atoms with Gasteiger partial charge in [-0.05, 0) is 283 Å². The topological polar surface area (TPSA) is 210 Å². The number of ether oxygens (including phenoxy) is 3. The molecule has 16 bridgehead atoms. The number of nitrogens with zero attached hydrogens (tertiary/aromatic N) is 10. The third-order valence-electron chi connectivity index (χ3n) is 37.9. The van der Waals surface area contributed by atoms with E-state index in [2.05, 4.69) is 338 Å². The zero-order valence-corrected chi connectivity index (χ0v) is 93.8. The number of Topliss-reactive ketones (excluding diaryl/α,β-unsaturated/α-hetero) is 1. The predicted octanol–water partition coefficient (Wildman–Crippen LogP) is 28.8. The smallest absolute Gasteiger partial charge is 0.657 e. The van der Waals surface area contributed by atoms with Crippen LogP contribution in [0.15, 0.2) is 158 Å². The summed E-state index contributed by atoms with van der Waals surface area (Å²) >= 11 is 0. The number of aromatic nitrogens is 10. The number of hydrogen-bond acceptors (Lipinski definition) is 14. The number of hydrogen-bond donors (Lipinski definition) is 0. The van der Waals surface area contributed by atoms with Crippen molar-refractivity contribution in [1.82, 2.24) is 49.8 Å². The van der Waals surface area contributed by atoms with Crippen molar-refractivity contribution in [3.8, 4) is 67.0 Å². The number of benzene rings is 8. The van der Waals surface area contributed by atoms with Crippen LogP contribution in [0.5, 0.6) is 0 Å². The summed E-state index contributed by atoms with van der Waals surface area (Å²) in [5.74, 6) is -2.80. The van der Waals surface area contributed by atoms with Crippen LogP contribution < -0.4 is 9.97 Å². The van der Waals surface area contributed by atoms with Crippen molar-refractivity contribution in [2.75, 3.05) is 14.2 Å². The van der Waals surface area contributed by atoms with Gasteiger partial charge in [-0.2, -0.15) is 0 Å². The molecular formula is C131H130N10O6Zn. The fourth-order valence-corrected chi connectivity index (χ4v) is 31.4. The Morgan fingerprint density at radius 2 is 0.662 bits per heavy atom. The van der Waals surface area contributed by atoms with Crippen LogP contribution in [0.4, 0.5) is 0 Å². The average molecular weight is 2010 g/mol. The maximum Gasteiger partial charge on any atom is 2.00 e. The molecule has 0 radical (unpaired) electrons. The summed E-state index contributed by atoms with van der Waals surface area (Å²) in [6, 6.07) is 54.7. The molecule has 0 spiro atoms. The first-order valence-electron chi connectivity index (χ1n) is 53.5. The summed E-state index contributed by atoms with van der Waals surface area (Å²) in [5.41, 5.74) is 29.5. The maximum absolute atomic E-state index is 16.3. The molecule has 0 N–H and O–H groups in total. The predicted molar refractivity (Wildman–Crippen MR) is 591 cm³/mol. The number of carbonyl (C=O) groups excluding carboxylic acids is 3. The molecule has 4 aliphatic heterocycles. The van der Waals surface area contributed by atoms with Crippen molar-refractivity contribution >= 4 is 130 Å². The molecule has 16 nitrogen and oxygen atoms in total. The Morgan fingerprint density at radius 3 is 0.993 bits per heavy atom. The molecule has 0 amide bonds. The maximum atomic E-state index is 16.3. The van der Waals surface area contributed by atoms with Crippen LogP contribution in [-0.4, -0.2) is 83.0 Å². The third-order valence-corrected chi connectivity index (χ3v) is 37.9. The van der Waals surface area contributed by atoms with E-state index in [9.17, 15) is 0 Å². The fraction of sp³-hybridized carbons (Fsp3) is 0.412. The van der Waals surface area contributed by atoms with Gasteiger partial charge >= 0.3 is 31.4 Å². The van der Waals surface area contributed by atoms with Gasteiger partial charge in [-0.15, -0.1) is 11.0 Å². The summed E-state index contributed by atoms with van der Waals surface area (Å²) in [6.07, 6.45) is 14.1. The molecule has 7 aromatic heterocycles. The Hall–Kier alpha value is -12.4. The quantitative estimate of drug-likeness (QED) is 0.0498. The Kier molecular flexibility index (Phi) is 19.5. The zero-order valence-electron chi connectivity index (χ0n) is 90.8. The van der Waals surface area contributed by atoms with Crippen LogP contribution >= 0.6 is 0 Å². The number of esters is 2. The van der Waals surface area contributed by atoms with E-state index < -0.39 is 45.8 Å². The molecule has 8 unspecified atom stereocenters. The van der Waals surface area contributed by atoms with Gasteiger partial charge < -0.3 is 24.2 Å². The molecule has 7 fully saturated rings. The molecule has 148 heavy (non-hydrogen) atoms. The van der Waals surface area contributed by atoms with Gasteiger partial charge in [0.05, 0.1) is 103 Å². The Morgan fingerprint density at radius 1 is 0.351 bits per heavy atom. The normalized spacial score (nSPS) is 26.0. The van der Waals surface area contributed by atoms with E-state index in [4.69, 9.17) is 64.1 Å². The van der Waals surface area contributed by atoms with Crippen LogP contribution in [0.2, 0.25) is 0 Å². The van der Waals surface area contributed by atoms with Gasteiger partial charge in [0.2, 0.25) is 0 Å². The van der Waals surface area contributed by atoms with Crippen molar-refractivity contribution in [3.63, 3.8) is 0 Å². The van der Waals surface area contributed by atoms with Crippen molar-refractivity contribution < 1.29 is 48.1 Å². The van der Waals surface area contributed by atoms with Crippen molar-refractivity contribution in [2.24, 2.45) is 59.2 Å². The number of fused-ring (bicyclic) bond motifs is 52. The summed E-state index contributed by atoms with van der Waals surface area (Å²) in [4.78, 5) is 107. The second kappa shape index (κ2) is 30.3. The van der Waals surface area contributed by atoms with E-state index in [0.717, 1.165) is 152 Å². The monoisotopic (exact) mass is 2000 g/mol. The second-order valence-electron chi connectivity index (χ2n) is 54.3. The van der Waals surface area contributed by atoms with Gasteiger partial charge in [0.1, 0.15) is 0 Å². The molecule has 11 heterocycles. The van der Waals surface area contributed by atoms with Gasteiger partial charge in [0.15, 0.2) is 17.0 Å². The van der Waals surface area contributed by atoms with Gasteiger partial charge in [-0.1, -0.05) is 299 Å². The number of pyridine rings is 2. The standard InChI is InChI=1S/C131H130N10O6.Zn/c1-120(2,3)65-45-61(46-66(53-65)121(4,5)6)93-83-37-38-84(134-83)94(62-47-67(122(7,8)9)54-68(48-62)123(10,11)12)86-40-42-88(136-86)96(64-51-71(126(19,20)21)56-72(52-64)127(22,23)24)114-116-115(113(141-114)95(87-41-39-85(93)135-87)63-49-69(124(13,14)15)55-70(50-63)125(16,17)18)139-91-59-89-90(60-92(91)140-116)138-112-76-36-34-74-97-73(33-35-75(100(76)97)111(112)137-89)98-79-57-80(99(74)98)106-105(79)130(118(143)145-27)107-81-58-82(108(107)131(106,147-130)119(144)146-28)104-103(81)128(25)101-77-31-29-43-132-109(77)110-78(32-30-44-133-110)102(101)129(104,26)117(128)142;/h29-56,59-60,79-82,98-99,103-108H,57-58H2,1-28H3;/q-2;+2/t79-,80+,81+,82-,98?,99?,103?,104?,105?,106?,107?,108?,128+,129-,130-,131+;. The number of ketones is 1. The Labute approximate surface area is 879 Å². The number of methoxy groups -OCH3 is 2. The van der Waals surface area contributed by atoms with Gasteiger partial charge in [0.25, 0.3) is 0 Å². The van der Waals surface area contributed by atoms with Crippen LogP contribution in [0, 0.1) is 59.2 Å². The van der Waals surface area contributed by atoms with Crippen molar-refractivity contribution in [1.29, 1.82) is 0 Å². The molecular weight excluding hydrogens is 1870 g/mol. The van der Waals surface area contributed by atoms with Gasteiger partial charge in [0, 0.05) is 63.4 Å². The van der Waals surface area contributed by atoms with E-state index in [1.807, 2.05) is 24.5 Å². The SMILES string of the molecule is COC(=O)[C@@]12O[C@@](C(=O)OC)(C3C1[C@@H]1C[C@H]3C3c4ccc5c6c(ccc(c46)C31)-c1nc3cc4nc6c7[n-]c(c(-c8cc(C(C)(C)C)cc(C(C)(C)C)c8)c8nc(c(-c9cc(C(C)(C)C)cc(C(C)(C)C)c9)c9ccc([n-]9)c(-c9cc(C(C)(C)C)cc(C(C)(C)C)c9)c9nc(c7-c7cc(C(C)(C)C)cc(C(C)(C)C)c7)C=C9)C=C8)c6nc4cc3nc1-5)C1C2[C@H]2C[C@@H]1C1C2[C@@]2(C)C(=O)[C@]1(C)c1c2c2cccnc2c2ncccc12.[Zn+2]. The summed E-state index contributed by atoms with van der Waals surface area (Å²) < 4.78 is 20.3. The van der Waals surface area contributed by atoms with E-state index in [1.54, 1.807) is 0 Å². The van der Waals surface area contributed by atoms with Crippen LogP contribution in [0.3, 0.4) is 0 Å². The van der Waals surface area contributed by atoms with E-state index in [1.165, 1.54) is 75.2 Å². The van der Waals surface area contributed by atoms with Gasteiger partial charge in [-0.25, -0.2) is 39.5 Å². The molecule has 12 aliphatic rings. The molecule has 17 heteroatoms.